The molecule has 22 heavy (non-hydrogen) atoms. The molecule has 0 saturated heterocycles. The lowest BCUT2D eigenvalue weighted by atomic mass is 10.0. The van der Waals surface area contributed by atoms with E-state index in [1.165, 1.54) is 22.2 Å². The summed E-state index contributed by atoms with van der Waals surface area (Å²) in [6, 6.07) is 21.4. The second kappa shape index (κ2) is 4.99. The summed E-state index contributed by atoms with van der Waals surface area (Å²) in [5.74, 6) is 0.550. The molecule has 0 N–H and O–H groups in total. The summed E-state index contributed by atoms with van der Waals surface area (Å²) in [5.41, 5.74) is 5.96. The van der Waals surface area contributed by atoms with E-state index in [1.807, 2.05) is 12.3 Å². The molecule has 0 amide bonds. The minimum atomic E-state index is 0.550. The lowest BCUT2D eigenvalue weighted by Gasteiger charge is -2.10. The van der Waals surface area contributed by atoms with Gasteiger partial charge in [0.25, 0.3) is 0 Å². The Balaban J connectivity index is 2.04. The molecule has 0 radical (unpaired) electrons. The first-order valence-electron chi connectivity index (χ1n) is 7.70. The Bertz CT molecular complexity index is 893. The third-order valence-electron chi connectivity index (χ3n) is 4.25. The van der Waals surface area contributed by atoms with Crippen LogP contribution < -0.4 is 0 Å². The van der Waals surface area contributed by atoms with Gasteiger partial charge in [0, 0.05) is 17.3 Å². The predicted molar refractivity (Wildman–Crippen MR) is 92.7 cm³/mol. The van der Waals surface area contributed by atoms with Gasteiger partial charge < -0.3 is 4.57 Å². The van der Waals surface area contributed by atoms with Crippen molar-refractivity contribution in [3.8, 4) is 5.69 Å². The second-order valence-corrected chi connectivity index (χ2v) is 5.97. The molecule has 2 aromatic carbocycles. The average molecular weight is 286 g/mol. The van der Waals surface area contributed by atoms with Crippen LogP contribution in [0.15, 0.2) is 66.9 Å². The fourth-order valence-electron chi connectivity index (χ4n) is 3.07. The largest absolute Gasteiger partial charge is 0.308 e. The van der Waals surface area contributed by atoms with Gasteiger partial charge in [0.2, 0.25) is 0 Å². The summed E-state index contributed by atoms with van der Waals surface area (Å²) in [6.07, 6.45) is 1.86. The van der Waals surface area contributed by atoms with Gasteiger partial charge in [-0.25, -0.2) is 0 Å². The molecule has 0 fully saturated rings. The van der Waals surface area contributed by atoms with Gasteiger partial charge in [-0.15, -0.1) is 0 Å². The molecular formula is C20H18N2. The number of benzene rings is 2. The Labute approximate surface area is 130 Å². The van der Waals surface area contributed by atoms with Gasteiger partial charge in [0.05, 0.1) is 16.6 Å². The summed E-state index contributed by atoms with van der Waals surface area (Å²) in [7, 11) is 0. The van der Waals surface area contributed by atoms with Crippen molar-refractivity contribution >= 4 is 21.9 Å². The zero-order valence-electron chi connectivity index (χ0n) is 12.8. The van der Waals surface area contributed by atoms with E-state index in [4.69, 9.17) is 0 Å². The number of rotatable bonds is 2. The summed E-state index contributed by atoms with van der Waals surface area (Å²) in [4.78, 5) is 4.58. The molecule has 0 aliphatic rings. The number of hydrogen-bond donors (Lipinski definition) is 0. The van der Waals surface area contributed by atoms with Crippen LogP contribution in [0, 0.1) is 0 Å². The Morgan fingerprint density at radius 3 is 2.32 bits per heavy atom. The molecule has 0 aliphatic heterocycles. The lowest BCUT2D eigenvalue weighted by molar-refractivity contribution is 0.866. The lowest BCUT2D eigenvalue weighted by Crippen LogP contribution is -1.95. The van der Waals surface area contributed by atoms with Crippen LogP contribution in [-0.4, -0.2) is 9.55 Å². The Hall–Kier alpha value is -2.61. The zero-order chi connectivity index (χ0) is 15.1. The van der Waals surface area contributed by atoms with Crippen LogP contribution in [0.5, 0.6) is 0 Å². The highest BCUT2D eigenvalue weighted by Crippen LogP contribution is 2.30. The highest BCUT2D eigenvalue weighted by molar-refractivity contribution is 6.06. The molecule has 0 aliphatic carbocycles. The fourth-order valence-corrected chi connectivity index (χ4v) is 3.07. The Morgan fingerprint density at radius 1 is 0.818 bits per heavy atom. The number of hydrogen-bond acceptors (Lipinski definition) is 1. The van der Waals surface area contributed by atoms with E-state index in [0.29, 0.717) is 5.92 Å². The van der Waals surface area contributed by atoms with E-state index in [1.54, 1.807) is 0 Å². The Morgan fingerprint density at radius 2 is 1.55 bits per heavy atom. The van der Waals surface area contributed by atoms with Crippen LogP contribution in [0.3, 0.4) is 0 Å². The van der Waals surface area contributed by atoms with E-state index < -0.39 is 0 Å². The van der Waals surface area contributed by atoms with Gasteiger partial charge in [0.15, 0.2) is 0 Å². The van der Waals surface area contributed by atoms with Crippen LogP contribution in [-0.2, 0) is 0 Å². The van der Waals surface area contributed by atoms with Crippen molar-refractivity contribution in [2.45, 2.75) is 19.8 Å². The van der Waals surface area contributed by atoms with Gasteiger partial charge in [0.1, 0.15) is 0 Å². The van der Waals surface area contributed by atoms with Gasteiger partial charge in [-0.1, -0.05) is 44.2 Å². The van der Waals surface area contributed by atoms with Crippen molar-refractivity contribution in [3.63, 3.8) is 0 Å². The molecule has 0 atom stereocenters. The number of nitrogens with zero attached hydrogens (tertiary/aromatic N) is 2. The molecule has 108 valence electrons. The maximum Gasteiger partial charge on any atom is 0.0963 e. The quantitative estimate of drug-likeness (QED) is 0.489. The number of aromatic nitrogens is 2. The average Bonchev–Trinajstić information content (AvgIpc) is 2.89. The van der Waals surface area contributed by atoms with E-state index in [0.717, 1.165) is 11.0 Å². The third kappa shape index (κ3) is 1.92. The fraction of sp³-hybridized carbons (Fsp3) is 0.150. The summed E-state index contributed by atoms with van der Waals surface area (Å²) in [5, 5.41) is 1.20. The molecule has 2 aromatic heterocycles. The molecule has 0 spiro atoms. The normalized spacial score (nSPS) is 11.6. The smallest absolute Gasteiger partial charge is 0.0963 e. The van der Waals surface area contributed by atoms with E-state index in [-0.39, 0.29) is 0 Å². The predicted octanol–water partition coefficient (Wildman–Crippen LogP) is 5.30. The molecule has 2 nitrogen and oxygen atoms in total. The highest BCUT2D eigenvalue weighted by Gasteiger charge is 2.12. The molecule has 0 saturated carbocycles. The Kier molecular flexibility index (Phi) is 2.97. The molecule has 4 rings (SSSR count). The van der Waals surface area contributed by atoms with Crippen molar-refractivity contribution in [2.75, 3.05) is 0 Å². The molecule has 2 heteroatoms. The first kappa shape index (κ1) is 13.1. The van der Waals surface area contributed by atoms with Crippen LogP contribution in [0.2, 0.25) is 0 Å². The molecule has 0 bridgehead atoms. The van der Waals surface area contributed by atoms with Gasteiger partial charge in [-0.05, 0) is 41.8 Å². The zero-order valence-corrected chi connectivity index (χ0v) is 12.8. The van der Waals surface area contributed by atoms with Crippen LogP contribution >= 0.6 is 0 Å². The van der Waals surface area contributed by atoms with E-state index in [9.17, 15) is 0 Å². The van der Waals surface area contributed by atoms with Crippen LogP contribution in [0.4, 0.5) is 0 Å². The minimum absolute atomic E-state index is 0.550. The monoisotopic (exact) mass is 286 g/mol. The standard InChI is InChI=1S/C20H18N2/c1-14(2)15-9-11-16(12-10-15)22-18-7-4-3-6-17(18)20-19(22)8-5-13-21-20/h3-14H,1-2H3. The van der Waals surface area contributed by atoms with Gasteiger partial charge >= 0.3 is 0 Å². The van der Waals surface area contributed by atoms with Crippen molar-refractivity contribution in [1.82, 2.24) is 9.55 Å². The molecule has 2 heterocycles. The summed E-state index contributed by atoms with van der Waals surface area (Å²) in [6.45, 7) is 4.44. The number of fused-ring (bicyclic) bond motifs is 3. The van der Waals surface area contributed by atoms with E-state index in [2.05, 4.69) is 78.0 Å². The van der Waals surface area contributed by atoms with Crippen molar-refractivity contribution in [3.05, 3.63) is 72.4 Å². The molecule has 4 aromatic rings. The first-order valence-corrected chi connectivity index (χ1v) is 7.70. The van der Waals surface area contributed by atoms with Crippen molar-refractivity contribution < 1.29 is 0 Å². The minimum Gasteiger partial charge on any atom is -0.308 e. The maximum absolute atomic E-state index is 4.58. The molecular weight excluding hydrogens is 268 g/mol. The van der Waals surface area contributed by atoms with Crippen molar-refractivity contribution in [1.29, 1.82) is 0 Å². The highest BCUT2D eigenvalue weighted by atomic mass is 15.0. The second-order valence-electron chi connectivity index (χ2n) is 5.97. The summed E-state index contributed by atoms with van der Waals surface area (Å²) < 4.78 is 2.29. The van der Waals surface area contributed by atoms with Crippen LogP contribution in [0.25, 0.3) is 27.6 Å². The first-order chi connectivity index (χ1) is 10.8. The van der Waals surface area contributed by atoms with Crippen molar-refractivity contribution in [2.24, 2.45) is 0 Å². The third-order valence-corrected chi connectivity index (χ3v) is 4.25. The van der Waals surface area contributed by atoms with Gasteiger partial charge in [-0.2, -0.15) is 0 Å². The van der Waals surface area contributed by atoms with Crippen LogP contribution in [0.1, 0.15) is 25.3 Å². The maximum atomic E-state index is 4.58. The topological polar surface area (TPSA) is 17.8 Å². The SMILES string of the molecule is CC(C)c1ccc(-n2c3ccccc3c3ncccc32)cc1. The van der Waals surface area contributed by atoms with Gasteiger partial charge in [-0.3, -0.25) is 4.98 Å². The number of pyridine rings is 1. The molecule has 0 unspecified atom stereocenters. The van der Waals surface area contributed by atoms with E-state index >= 15 is 0 Å². The number of para-hydroxylation sites is 1. The summed E-state index contributed by atoms with van der Waals surface area (Å²) >= 11 is 0.